The van der Waals surface area contributed by atoms with E-state index in [-0.39, 0.29) is 5.91 Å². The van der Waals surface area contributed by atoms with Gasteiger partial charge in [-0.2, -0.15) is 0 Å². The Hall–Kier alpha value is -2.76. The highest BCUT2D eigenvalue weighted by Crippen LogP contribution is 2.26. The fraction of sp³-hybridized carbons (Fsp3) is 0.0526. The molecule has 0 unspecified atom stereocenters. The summed E-state index contributed by atoms with van der Waals surface area (Å²) in [4.78, 5) is 16.9. The van der Waals surface area contributed by atoms with Crippen LogP contribution in [0.5, 0.6) is 5.75 Å². The first-order chi connectivity index (χ1) is 12.6. The molecule has 0 saturated heterocycles. The summed E-state index contributed by atoms with van der Waals surface area (Å²) in [5, 5.41) is 6.71. The number of methoxy groups -OCH3 is 1. The molecule has 3 rings (SSSR count). The molecule has 0 aliphatic carbocycles. The van der Waals surface area contributed by atoms with Crippen molar-refractivity contribution >= 4 is 46.3 Å². The number of nitrogens with zero attached hydrogens (tertiary/aromatic N) is 1. The minimum atomic E-state index is -0.318. The summed E-state index contributed by atoms with van der Waals surface area (Å²) < 4.78 is 5.21. The Bertz CT molecular complexity index is 948. The van der Waals surface area contributed by atoms with Crippen molar-refractivity contribution in [2.24, 2.45) is 0 Å². The van der Waals surface area contributed by atoms with Gasteiger partial charge in [-0.3, -0.25) is 4.79 Å². The van der Waals surface area contributed by atoms with E-state index < -0.39 is 0 Å². The molecule has 7 heteroatoms. The third-order valence-electron chi connectivity index (χ3n) is 3.56. The van der Waals surface area contributed by atoms with Gasteiger partial charge in [0.15, 0.2) is 0 Å². The summed E-state index contributed by atoms with van der Waals surface area (Å²) in [6, 6.07) is 15.6. The number of ether oxygens (including phenoxy) is 1. The zero-order valence-corrected chi connectivity index (χ0v) is 15.3. The summed E-state index contributed by atoms with van der Waals surface area (Å²) in [7, 11) is 1.59. The van der Waals surface area contributed by atoms with E-state index in [1.165, 1.54) is 0 Å². The lowest BCUT2D eigenvalue weighted by molar-refractivity contribution is 0.102. The molecule has 0 fully saturated rings. The molecule has 0 saturated carbocycles. The third-order valence-corrected chi connectivity index (χ3v) is 4.30. The smallest absolute Gasteiger partial charge is 0.259 e. The van der Waals surface area contributed by atoms with Crippen LogP contribution < -0.4 is 15.4 Å². The Labute approximate surface area is 160 Å². The number of rotatable bonds is 5. The first-order valence-electron chi connectivity index (χ1n) is 7.69. The Kier molecular flexibility index (Phi) is 5.61. The minimum absolute atomic E-state index is 0.318. The van der Waals surface area contributed by atoms with E-state index in [2.05, 4.69) is 15.6 Å². The highest BCUT2D eigenvalue weighted by molar-refractivity contribution is 6.42. The van der Waals surface area contributed by atoms with E-state index in [1.54, 1.807) is 43.6 Å². The van der Waals surface area contributed by atoms with E-state index >= 15 is 0 Å². The van der Waals surface area contributed by atoms with Crippen molar-refractivity contribution < 1.29 is 9.53 Å². The summed E-state index contributed by atoms with van der Waals surface area (Å²) in [5.74, 6) is 0.813. The van der Waals surface area contributed by atoms with Crippen molar-refractivity contribution in [2.45, 2.75) is 0 Å². The molecule has 0 spiro atoms. The second kappa shape index (κ2) is 8.08. The Balaban J connectivity index is 1.83. The molecule has 2 N–H and O–H groups in total. The van der Waals surface area contributed by atoms with Crippen LogP contribution >= 0.6 is 23.2 Å². The lowest BCUT2D eigenvalue weighted by Gasteiger charge is -2.12. The molecular weight excluding hydrogens is 373 g/mol. The van der Waals surface area contributed by atoms with Crippen LogP contribution in [0.4, 0.5) is 17.2 Å². The monoisotopic (exact) mass is 387 g/mol. The van der Waals surface area contributed by atoms with Crippen LogP contribution in [0.15, 0.2) is 60.8 Å². The largest absolute Gasteiger partial charge is 0.497 e. The van der Waals surface area contributed by atoms with Crippen LogP contribution in [0.3, 0.4) is 0 Å². The predicted octanol–water partition coefficient (Wildman–Crippen LogP) is 5.39. The molecule has 0 atom stereocenters. The number of aromatic nitrogens is 1. The highest BCUT2D eigenvalue weighted by atomic mass is 35.5. The number of pyridine rings is 1. The van der Waals surface area contributed by atoms with Gasteiger partial charge in [0.05, 0.1) is 22.7 Å². The molecule has 0 aliphatic rings. The van der Waals surface area contributed by atoms with Crippen molar-refractivity contribution in [3.63, 3.8) is 0 Å². The normalized spacial score (nSPS) is 10.3. The molecule has 1 aromatic heterocycles. The molecule has 1 heterocycles. The number of hydrogen-bond acceptors (Lipinski definition) is 4. The minimum Gasteiger partial charge on any atom is -0.497 e. The predicted molar refractivity (Wildman–Crippen MR) is 105 cm³/mol. The fourth-order valence-electron chi connectivity index (χ4n) is 2.30. The van der Waals surface area contributed by atoms with Crippen molar-refractivity contribution in [1.29, 1.82) is 0 Å². The van der Waals surface area contributed by atoms with Gasteiger partial charge in [-0.1, -0.05) is 29.3 Å². The molecule has 0 bridgehead atoms. The van der Waals surface area contributed by atoms with Crippen molar-refractivity contribution in [3.05, 3.63) is 76.4 Å². The maximum absolute atomic E-state index is 12.7. The van der Waals surface area contributed by atoms with Gasteiger partial charge < -0.3 is 15.4 Å². The number of amides is 1. The summed E-state index contributed by atoms with van der Waals surface area (Å²) in [5.41, 5.74) is 1.69. The first-order valence-corrected chi connectivity index (χ1v) is 8.45. The topological polar surface area (TPSA) is 63.2 Å². The molecule has 26 heavy (non-hydrogen) atoms. The van der Waals surface area contributed by atoms with Crippen molar-refractivity contribution in [1.82, 2.24) is 4.98 Å². The lowest BCUT2D eigenvalue weighted by atomic mass is 10.2. The van der Waals surface area contributed by atoms with Crippen LogP contribution in [-0.2, 0) is 0 Å². The number of carbonyl (C=O) groups is 1. The van der Waals surface area contributed by atoms with Crippen molar-refractivity contribution in [2.75, 3.05) is 17.7 Å². The van der Waals surface area contributed by atoms with E-state index in [4.69, 9.17) is 27.9 Å². The Morgan fingerprint density at radius 2 is 1.85 bits per heavy atom. The van der Waals surface area contributed by atoms with Crippen LogP contribution in [-0.4, -0.2) is 18.0 Å². The molecule has 3 aromatic rings. The van der Waals surface area contributed by atoms with Crippen LogP contribution in [0, 0.1) is 0 Å². The summed E-state index contributed by atoms with van der Waals surface area (Å²) in [6.45, 7) is 0. The first kappa shape index (κ1) is 18.0. The van der Waals surface area contributed by atoms with Crippen LogP contribution in [0.1, 0.15) is 10.4 Å². The number of nitrogens with one attached hydrogen (secondary N) is 2. The van der Waals surface area contributed by atoms with E-state index in [1.807, 2.05) is 24.3 Å². The molecule has 0 aliphatic heterocycles. The summed E-state index contributed by atoms with van der Waals surface area (Å²) in [6.07, 6.45) is 1.61. The van der Waals surface area contributed by atoms with Gasteiger partial charge in [0.2, 0.25) is 0 Å². The maximum atomic E-state index is 12.7. The second-order valence-corrected chi connectivity index (χ2v) is 6.15. The standard InChI is InChI=1S/C19H15Cl2N3O2/c1-26-14-5-2-4-12(10-14)23-18-15(6-3-9-22-18)19(25)24-13-7-8-16(20)17(21)11-13/h2-11H,1H3,(H,22,23)(H,24,25). The van der Waals surface area contributed by atoms with Gasteiger partial charge in [-0.15, -0.1) is 0 Å². The van der Waals surface area contributed by atoms with Gasteiger partial charge in [0.1, 0.15) is 11.6 Å². The third kappa shape index (κ3) is 4.25. The van der Waals surface area contributed by atoms with Crippen LogP contribution in [0.25, 0.3) is 0 Å². The molecule has 0 radical (unpaired) electrons. The zero-order chi connectivity index (χ0) is 18.5. The molecule has 1 amide bonds. The number of benzene rings is 2. The van der Waals surface area contributed by atoms with Gasteiger partial charge in [-0.25, -0.2) is 4.98 Å². The lowest BCUT2D eigenvalue weighted by Crippen LogP contribution is -2.14. The quantitative estimate of drug-likeness (QED) is 0.615. The van der Waals surface area contributed by atoms with Gasteiger partial charge in [0, 0.05) is 23.6 Å². The fourth-order valence-corrected chi connectivity index (χ4v) is 2.60. The van der Waals surface area contributed by atoms with Gasteiger partial charge in [0.25, 0.3) is 5.91 Å². The van der Waals surface area contributed by atoms with E-state index in [0.29, 0.717) is 32.9 Å². The van der Waals surface area contributed by atoms with E-state index in [9.17, 15) is 4.79 Å². The number of hydrogen-bond donors (Lipinski definition) is 2. The Morgan fingerprint density at radius 1 is 1.00 bits per heavy atom. The maximum Gasteiger partial charge on any atom is 0.259 e. The number of halogens is 2. The zero-order valence-electron chi connectivity index (χ0n) is 13.8. The molecule has 132 valence electrons. The SMILES string of the molecule is COc1cccc(Nc2ncccc2C(=O)Nc2ccc(Cl)c(Cl)c2)c1. The Morgan fingerprint density at radius 3 is 2.62 bits per heavy atom. The summed E-state index contributed by atoms with van der Waals surface area (Å²) >= 11 is 11.9. The van der Waals surface area contributed by atoms with Crippen LogP contribution in [0.2, 0.25) is 10.0 Å². The number of anilines is 3. The molecule has 2 aromatic carbocycles. The molecule has 5 nitrogen and oxygen atoms in total. The molecular formula is C19H15Cl2N3O2. The average Bonchev–Trinajstić information content (AvgIpc) is 2.65. The van der Waals surface area contributed by atoms with Gasteiger partial charge >= 0.3 is 0 Å². The van der Waals surface area contributed by atoms with Gasteiger partial charge in [-0.05, 0) is 42.5 Å². The highest BCUT2D eigenvalue weighted by Gasteiger charge is 2.13. The van der Waals surface area contributed by atoms with Crippen molar-refractivity contribution in [3.8, 4) is 5.75 Å². The average molecular weight is 388 g/mol. The number of carbonyl (C=O) groups excluding carboxylic acids is 1. The second-order valence-electron chi connectivity index (χ2n) is 5.34. The van der Waals surface area contributed by atoms with E-state index in [0.717, 1.165) is 5.69 Å².